The van der Waals surface area contributed by atoms with E-state index in [1.165, 1.54) is 21.4 Å². The van der Waals surface area contributed by atoms with E-state index in [0.717, 1.165) is 5.54 Å². The van der Waals surface area contributed by atoms with Crippen molar-refractivity contribution in [2.24, 2.45) is 0 Å². The minimum atomic E-state index is 0. The van der Waals surface area contributed by atoms with Gasteiger partial charge < -0.3 is 0 Å². The largest absolute Gasteiger partial charge is 0.0667 e. The van der Waals surface area contributed by atoms with Crippen molar-refractivity contribution >= 4 is 39.8 Å². The Labute approximate surface area is 94.9 Å². The molecule has 57 valence electrons. The maximum Gasteiger partial charge on any atom is 0.0170 e. The van der Waals surface area contributed by atoms with E-state index >= 15 is 0 Å². The van der Waals surface area contributed by atoms with Crippen LogP contribution in [0.4, 0.5) is 0 Å². The van der Waals surface area contributed by atoms with E-state index < -0.39 is 0 Å². The van der Waals surface area contributed by atoms with Crippen molar-refractivity contribution in [2.75, 3.05) is 0 Å². The minimum absolute atomic E-state index is 0. The summed E-state index contributed by atoms with van der Waals surface area (Å²) in [5, 5.41) is 0. The van der Waals surface area contributed by atoms with Gasteiger partial charge in [-0.3, -0.25) is 0 Å². The first kappa shape index (κ1) is 11.7. The Hall–Kier alpha value is 0.697. The first-order chi connectivity index (χ1) is 4.55. The second-order valence-corrected chi connectivity index (χ2v) is 4.49. The average molecular weight is 175 g/mol. The summed E-state index contributed by atoms with van der Waals surface area (Å²) >= 11 is 0. The van der Waals surface area contributed by atoms with Crippen LogP contribution in [0.5, 0.6) is 0 Å². The quantitative estimate of drug-likeness (QED) is 0.489. The van der Waals surface area contributed by atoms with Gasteiger partial charge in [0.1, 0.15) is 0 Å². The molecule has 0 aromatic carbocycles. The van der Waals surface area contributed by atoms with Gasteiger partial charge in [-0.2, -0.15) is 0 Å². The maximum atomic E-state index is 2.27. The Kier molecular flexibility index (Phi) is 4.34. The van der Waals surface area contributed by atoms with Crippen molar-refractivity contribution in [3.8, 4) is 0 Å². The van der Waals surface area contributed by atoms with Crippen LogP contribution in [-0.2, 0) is 0 Å². The van der Waals surface area contributed by atoms with Gasteiger partial charge in [-0.25, -0.2) is 0 Å². The van der Waals surface area contributed by atoms with Crippen LogP contribution in [0.25, 0.3) is 0 Å². The van der Waals surface area contributed by atoms with E-state index in [1.54, 1.807) is 11.1 Å². The summed E-state index contributed by atoms with van der Waals surface area (Å²) in [5.74, 6) is 0. The number of hydrogen-bond acceptors (Lipinski definition) is 0. The summed E-state index contributed by atoms with van der Waals surface area (Å²) in [6.45, 7) is 9.03. The van der Waals surface area contributed by atoms with Crippen LogP contribution >= 0.6 is 0 Å². The summed E-state index contributed by atoms with van der Waals surface area (Å²) < 4.78 is 0. The van der Waals surface area contributed by atoms with Crippen molar-refractivity contribution in [3.63, 3.8) is 0 Å². The molecule has 0 saturated heterocycles. The molecule has 1 rings (SSSR count). The Morgan fingerprint density at radius 3 is 1.27 bits per heavy atom. The molecule has 0 amide bonds. The van der Waals surface area contributed by atoms with Crippen LogP contribution in [0.2, 0.25) is 5.54 Å². The van der Waals surface area contributed by atoms with Crippen molar-refractivity contribution in [1.82, 2.24) is 0 Å². The molecular weight excluding hydrogens is 159 g/mol. The second-order valence-electron chi connectivity index (χ2n) is 3.34. The van der Waals surface area contributed by atoms with E-state index in [-0.39, 0.29) is 29.6 Å². The molecule has 0 unspecified atom stereocenters. The topological polar surface area (TPSA) is 0 Å². The van der Waals surface area contributed by atoms with Crippen LogP contribution in [-0.4, -0.2) is 39.8 Å². The third-order valence-corrected chi connectivity index (χ3v) is 4.78. The van der Waals surface area contributed by atoms with Gasteiger partial charge >= 0.3 is 0 Å². The monoisotopic (exact) mass is 175 g/mol. The van der Waals surface area contributed by atoms with E-state index in [4.69, 9.17) is 0 Å². The molecule has 0 bridgehead atoms. The first-order valence-electron chi connectivity index (χ1n) is 3.90. The zero-order valence-corrected chi connectivity index (χ0v) is 12.6. The fraction of sp³-hybridized carbons (Fsp3) is 0.556. The second kappa shape index (κ2) is 4.08. The zero-order valence-electron chi connectivity index (χ0n) is 8.58. The van der Waals surface area contributed by atoms with Crippen molar-refractivity contribution in [1.29, 1.82) is 0 Å². The summed E-state index contributed by atoms with van der Waals surface area (Å²) in [6.07, 6.45) is 0. The molecule has 0 fully saturated rings. The molecule has 1 aliphatic carbocycles. The van der Waals surface area contributed by atoms with Gasteiger partial charge in [-0.15, -0.1) is 0 Å². The molecule has 2 heteroatoms. The summed E-state index contributed by atoms with van der Waals surface area (Å²) in [7, 11) is 1.28. The van der Waals surface area contributed by atoms with Crippen molar-refractivity contribution in [3.05, 3.63) is 22.3 Å². The first-order valence-corrected chi connectivity index (χ1v) is 5.06. The fourth-order valence-electron chi connectivity index (χ4n) is 1.57. The molecule has 0 aromatic heterocycles. The fourth-order valence-corrected chi connectivity index (χ4v) is 2.43. The summed E-state index contributed by atoms with van der Waals surface area (Å²) in [4.78, 5) is 0. The molecule has 1 radical (unpaired) electrons. The van der Waals surface area contributed by atoms with Gasteiger partial charge in [0, 0.05) is 39.8 Å². The molecule has 0 aliphatic heterocycles. The Balaban J connectivity index is 0.000001000. The van der Waals surface area contributed by atoms with Gasteiger partial charge in [-0.1, -0.05) is 11.1 Å². The molecule has 0 saturated carbocycles. The standard InChI is InChI=1S/C9H16Si.Na/c1-5-6(2)8(4)9(10)7(5)3;/h9H,1-4,10H3;. The predicted octanol–water partition coefficient (Wildman–Crippen LogP) is 1.45. The van der Waals surface area contributed by atoms with Crippen LogP contribution < -0.4 is 0 Å². The number of hydrogen-bond donors (Lipinski definition) is 0. The molecule has 0 N–H and O–H groups in total. The molecule has 11 heavy (non-hydrogen) atoms. The minimum Gasteiger partial charge on any atom is -0.0667 e. The van der Waals surface area contributed by atoms with Gasteiger partial charge in [0.25, 0.3) is 0 Å². The Morgan fingerprint density at radius 2 is 1.18 bits per heavy atom. The van der Waals surface area contributed by atoms with Gasteiger partial charge in [0.05, 0.1) is 0 Å². The molecule has 1 aliphatic rings. The van der Waals surface area contributed by atoms with Crippen molar-refractivity contribution < 1.29 is 0 Å². The van der Waals surface area contributed by atoms with Gasteiger partial charge in [0.15, 0.2) is 0 Å². The van der Waals surface area contributed by atoms with E-state index in [9.17, 15) is 0 Å². The Bertz CT molecular complexity index is 202. The van der Waals surface area contributed by atoms with E-state index in [2.05, 4.69) is 27.7 Å². The van der Waals surface area contributed by atoms with Crippen molar-refractivity contribution in [2.45, 2.75) is 33.2 Å². The summed E-state index contributed by atoms with van der Waals surface area (Å²) in [5.41, 5.74) is 7.14. The third-order valence-electron chi connectivity index (χ3n) is 3.04. The third kappa shape index (κ3) is 1.89. The van der Waals surface area contributed by atoms with Crippen LogP contribution in [0, 0.1) is 0 Å². The van der Waals surface area contributed by atoms with E-state index in [0.29, 0.717) is 0 Å². The molecule has 0 spiro atoms. The molecular formula is C9H16NaSi. The van der Waals surface area contributed by atoms with Gasteiger partial charge in [-0.05, 0) is 44.4 Å². The molecule has 0 aromatic rings. The Morgan fingerprint density at radius 1 is 0.909 bits per heavy atom. The zero-order chi connectivity index (χ0) is 7.89. The predicted molar refractivity (Wildman–Crippen MR) is 56.2 cm³/mol. The summed E-state index contributed by atoms with van der Waals surface area (Å²) in [6, 6.07) is 0. The molecule has 0 atom stereocenters. The molecule has 0 nitrogen and oxygen atoms in total. The van der Waals surface area contributed by atoms with E-state index in [1.807, 2.05) is 0 Å². The number of rotatable bonds is 0. The van der Waals surface area contributed by atoms with Crippen LogP contribution in [0.1, 0.15) is 27.7 Å². The van der Waals surface area contributed by atoms with Gasteiger partial charge in [0.2, 0.25) is 0 Å². The smallest absolute Gasteiger partial charge is 0.0170 e. The molecule has 0 heterocycles. The SMILES string of the molecule is CC1=C(C)C([SiH3])C(C)=C1C.[Na]. The van der Waals surface area contributed by atoms with Crippen LogP contribution in [0.15, 0.2) is 22.3 Å². The maximum absolute atomic E-state index is 2.27. The normalized spacial score (nSPS) is 19.6. The van der Waals surface area contributed by atoms with Crippen LogP contribution in [0.3, 0.4) is 0 Å². The number of allylic oxidation sites excluding steroid dienone is 4. The average Bonchev–Trinajstić information content (AvgIpc) is 2.07.